The van der Waals surface area contributed by atoms with E-state index in [9.17, 15) is 0 Å². The van der Waals surface area contributed by atoms with Crippen LogP contribution in [0, 0.1) is 0 Å². The van der Waals surface area contributed by atoms with Crippen LogP contribution in [0.3, 0.4) is 0 Å². The van der Waals surface area contributed by atoms with Gasteiger partial charge in [0.1, 0.15) is 11.9 Å². The Hall–Kier alpha value is -0.150. The smallest absolute Gasteiger partial charge is 0.220 e. The molecule has 0 aliphatic rings. The molecule has 0 bridgehead atoms. The van der Waals surface area contributed by atoms with Crippen LogP contribution in [0.2, 0.25) is 0 Å². The molecule has 0 aromatic heterocycles. The first-order valence-electron chi connectivity index (χ1n) is 4.22. The zero-order chi connectivity index (χ0) is 11.5. The van der Waals surface area contributed by atoms with Gasteiger partial charge < -0.3 is 9.47 Å². The van der Waals surface area contributed by atoms with E-state index in [0.717, 1.165) is 11.3 Å². The summed E-state index contributed by atoms with van der Waals surface area (Å²) in [5.41, 5.74) is 0.790. The summed E-state index contributed by atoms with van der Waals surface area (Å²) in [6.07, 6.45) is -0.589. The molecule has 1 unspecified atom stereocenters. The van der Waals surface area contributed by atoms with Gasteiger partial charge in [0.2, 0.25) is 3.79 Å². The van der Waals surface area contributed by atoms with Crippen molar-refractivity contribution < 1.29 is 9.47 Å². The van der Waals surface area contributed by atoms with E-state index < -0.39 is 9.90 Å². The second-order valence-electron chi connectivity index (χ2n) is 2.93. The predicted octanol–water partition coefficient (Wildman–Crippen LogP) is 3.75. The molecule has 0 spiro atoms. The molecule has 1 aromatic rings. The molecule has 0 N–H and O–H groups in total. The molecule has 2 nitrogen and oxygen atoms in total. The number of hydrogen-bond acceptors (Lipinski definition) is 2. The monoisotopic (exact) mass is 268 g/mol. The molecule has 0 saturated carbocycles. The molecule has 0 radical (unpaired) electrons. The second kappa shape index (κ2) is 5.26. The van der Waals surface area contributed by atoms with Crippen molar-refractivity contribution in [2.75, 3.05) is 14.2 Å². The van der Waals surface area contributed by atoms with Crippen molar-refractivity contribution >= 4 is 34.8 Å². The SMILES string of the molecule is COc1ccc(C(OC)C(Cl)(Cl)Cl)cc1. The number of rotatable bonds is 3. The minimum absolute atomic E-state index is 0.589. The molecule has 0 aliphatic carbocycles. The molecular weight excluding hydrogens is 258 g/mol. The molecule has 0 heterocycles. The van der Waals surface area contributed by atoms with Gasteiger partial charge >= 0.3 is 0 Å². The van der Waals surface area contributed by atoms with Gasteiger partial charge in [-0.15, -0.1) is 0 Å². The van der Waals surface area contributed by atoms with Crippen LogP contribution in [0.15, 0.2) is 24.3 Å². The highest BCUT2D eigenvalue weighted by atomic mass is 35.6. The number of alkyl halides is 3. The third kappa shape index (κ3) is 3.42. The Labute approximate surface area is 104 Å². The lowest BCUT2D eigenvalue weighted by Crippen LogP contribution is -2.18. The fraction of sp³-hybridized carbons (Fsp3) is 0.400. The largest absolute Gasteiger partial charge is 0.497 e. The van der Waals surface area contributed by atoms with Gasteiger partial charge in [-0.05, 0) is 17.7 Å². The van der Waals surface area contributed by atoms with Gasteiger partial charge in [0.05, 0.1) is 7.11 Å². The lowest BCUT2D eigenvalue weighted by atomic mass is 10.1. The molecule has 0 saturated heterocycles. The first kappa shape index (κ1) is 12.9. The fourth-order valence-electron chi connectivity index (χ4n) is 1.24. The summed E-state index contributed by atoms with van der Waals surface area (Å²) in [5.74, 6) is 0.748. The molecule has 1 atom stereocenters. The van der Waals surface area contributed by atoms with Crippen LogP contribution in [0.4, 0.5) is 0 Å². The van der Waals surface area contributed by atoms with E-state index >= 15 is 0 Å². The molecule has 1 aromatic carbocycles. The number of benzene rings is 1. The van der Waals surface area contributed by atoms with Crippen molar-refractivity contribution in [1.29, 1.82) is 0 Å². The van der Waals surface area contributed by atoms with Crippen LogP contribution in [0.1, 0.15) is 11.7 Å². The highest BCUT2D eigenvalue weighted by molar-refractivity contribution is 6.68. The van der Waals surface area contributed by atoms with Crippen LogP contribution in [0.5, 0.6) is 5.75 Å². The molecule has 5 heteroatoms. The Balaban J connectivity index is 2.93. The number of halogens is 3. The van der Waals surface area contributed by atoms with Crippen molar-refractivity contribution in [2.45, 2.75) is 9.90 Å². The maximum Gasteiger partial charge on any atom is 0.220 e. The Morgan fingerprint density at radius 1 is 1.07 bits per heavy atom. The second-order valence-corrected chi connectivity index (χ2v) is 5.30. The van der Waals surface area contributed by atoms with E-state index in [1.165, 1.54) is 7.11 Å². The number of ether oxygens (including phenoxy) is 2. The third-order valence-electron chi connectivity index (χ3n) is 1.95. The van der Waals surface area contributed by atoms with Crippen LogP contribution >= 0.6 is 34.8 Å². The topological polar surface area (TPSA) is 18.5 Å². The van der Waals surface area contributed by atoms with Crippen molar-refractivity contribution in [3.63, 3.8) is 0 Å². The summed E-state index contributed by atoms with van der Waals surface area (Å²) < 4.78 is 8.68. The van der Waals surface area contributed by atoms with E-state index in [1.54, 1.807) is 31.4 Å². The lowest BCUT2D eigenvalue weighted by Gasteiger charge is -2.23. The van der Waals surface area contributed by atoms with Gasteiger partial charge in [-0.2, -0.15) is 0 Å². The molecule has 0 aliphatic heterocycles. The molecule has 15 heavy (non-hydrogen) atoms. The molecule has 1 rings (SSSR count). The normalized spacial score (nSPS) is 13.7. The summed E-state index contributed by atoms with van der Waals surface area (Å²) >= 11 is 17.3. The molecule has 0 fully saturated rings. The molecule has 84 valence electrons. The van der Waals surface area contributed by atoms with Crippen molar-refractivity contribution in [2.24, 2.45) is 0 Å². The highest BCUT2D eigenvalue weighted by Gasteiger charge is 2.33. The first-order chi connectivity index (χ1) is 6.99. The highest BCUT2D eigenvalue weighted by Crippen LogP contribution is 2.42. The van der Waals surface area contributed by atoms with Gasteiger partial charge in [-0.3, -0.25) is 0 Å². The summed E-state index contributed by atoms with van der Waals surface area (Å²) in [6, 6.07) is 7.18. The average Bonchev–Trinajstić information content (AvgIpc) is 2.18. The van der Waals surface area contributed by atoms with E-state index in [2.05, 4.69) is 0 Å². The Morgan fingerprint density at radius 2 is 1.60 bits per heavy atom. The third-order valence-corrected chi connectivity index (χ3v) is 2.55. The Bertz CT molecular complexity index is 305. The van der Waals surface area contributed by atoms with Crippen molar-refractivity contribution in [3.8, 4) is 5.75 Å². The van der Waals surface area contributed by atoms with E-state index in [0.29, 0.717) is 0 Å². The van der Waals surface area contributed by atoms with Crippen LogP contribution in [0.25, 0.3) is 0 Å². The van der Waals surface area contributed by atoms with Crippen molar-refractivity contribution in [3.05, 3.63) is 29.8 Å². The van der Waals surface area contributed by atoms with Gasteiger partial charge in [0.15, 0.2) is 0 Å². The predicted molar refractivity (Wildman–Crippen MR) is 63.0 cm³/mol. The standard InChI is InChI=1S/C10H11Cl3O2/c1-14-8-5-3-7(4-6-8)9(15-2)10(11,12)13/h3-6,9H,1-2H3. The maximum absolute atomic E-state index is 5.78. The van der Waals surface area contributed by atoms with Gasteiger partial charge in [-0.25, -0.2) is 0 Å². The first-order valence-corrected chi connectivity index (χ1v) is 5.36. The van der Waals surface area contributed by atoms with Gasteiger partial charge in [0.25, 0.3) is 0 Å². The van der Waals surface area contributed by atoms with Crippen LogP contribution in [-0.4, -0.2) is 18.0 Å². The zero-order valence-corrected chi connectivity index (χ0v) is 10.6. The number of hydrogen-bond donors (Lipinski definition) is 0. The van der Waals surface area contributed by atoms with Crippen molar-refractivity contribution in [1.82, 2.24) is 0 Å². The van der Waals surface area contributed by atoms with Crippen LogP contribution in [-0.2, 0) is 4.74 Å². The summed E-state index contributed by atoms with van der Waals surface area (Å²) in [4.78, 5) is 0. The van der Waals surface area contributed by atoms with Crippen LogP contribution < -0.4 is 4.74 Å². The Morgan fingerprint density at radius 3 is 1.93 bits per heavy atom. The Kier molecular flexibility index (Phi) is 4.53. The summed E-state index contributed by atoms with van der Waals surface area (Å²) in [5, 5.41) is 0. The van der Waals surface area contributed by atoms with Gasteiger partial charge in [0, 0.05) is 7.11 Å². The maximum atomic E-state index is 5.78. The minimum atomic E-state index is -1.48. The lowest BCUT2D eigenvalue weighted by molar-refractivity contribution is 0.106. The molecule has 0 amide bonds. The average molecular weight is 270 g/mol. The van der Waals surface area contributed by atoms with E-state index in [4.69, 9.17) is 44.3 Å². The quantitative estimate of drug-likeness (QED) is 0.778. The molecular formula is C10H11Cl3O2. The summed E-state index contributed by atoms with van der Waals surface area (Å²) in [7, 11) is 3.09. The van der Waals surface area contributed by atoms with E-state index in [-0.39, 0.29) is 0 Å². The summed E-state index contributed by atoms with van der Waals surface area (Å²) in [6.45, 7) is 0. The fourth-order valence-corrected chi connectivity index (χ4v) is 1.88. The number of methoxy groups -OCH3 is 2. The van der Waals surface area contributed by atoms with E-state index in [1.807, 2.05) is 0 Å². The van der Waals surface area contributed by atoms with Gasteiger partial charge in [-0.1, -0.05) is 46.9 Å². The minimum Gasteiger partial charge on any atom is -0.497 e. The zero-order valence-electron chi connectivity index (χ0n) is 8.34.